The fourth-order valence-electron chi connectivity index (χ4n) is 10.7. The van der Waals surface area contributed by atoms with Gasteiger partial charge in [-0.05, 0) is 114 Å². The van der Waals surface area contributed by atoms with Crippen LogP contribution in [0.5, 0.6) is 5.88 Å². The maximum Gasteiger partial charge on any atom is 0.258 e. The van der Waals surface area contributed by atoms with Crippen molar-refractivity contribution in [3.8, 4) is 17.1 Å². The zero-order valence-corrected chi connectivity index (χ0v) is 35.6. The molecule has 1 saturated carbocycles. The number of piperazine rings is 1. The van der Waals surface area contributed by atoms with Gasteiger partial charge in [0.2, 0.25) is 23.6 Å². The van der Waals surface area contributed by atoms with Crippen molar-refractivity contribution in [2.75, 3.05) is 54.4 Å². The van der Waals surface area contributed by atoms with Crippen LogP contribution in [0.1, 0.15) is 85.2 Å². The first-order valence-electron chi connectivity index (χ1n) is 22.1. The number of imide groups is 1. The fraction of sp³-hybridized carbons (Fsp3) is 0.500. The van der Waals surface area contributed by atoms with Gasteiger partial charge in [0.05, 0.1) is 58.1 Å². The molecule has 61 heavy (non-hydrogen) atoms. The molecule has 4 aliphatic heterocycles. The van der Waals surface area contributed by atoms with Crippen LogP contribution in [0.15, 0.2) is 48.7 Å². The second kappa shape index (κ2) is 15.9. The van der Waals surface area contributed by atoms with Crippen molar-refractivity contribution in [3.05, 3.63) is 71.3 Å². The molecule has 3 amide bonds. The zero-order chi connectivity index (χ0) is 41.9. The van der Waals surface area contributed by atoms with Crippen molar-refractivity contribution in [2.24, 2.45) is 18.9 Å². The average molecular weight is 826 g/mol. The summed E-state index contributed by atoms with van der Waals surface area (Å²) in [6, 6.07) is 15.1. The third kappa shape index (κ3) is 7.61. The molecular weight excluding hydrogens is 771 g/mol. The van der Waals surface area contributed by atoms with E-state index in [0.29, 0.717) is 66.5 Å². The Morgan fingerprint density at radius 2 is 1.67 bits per heavy atom. The Bertz CT molecular complexity index is 2520. The van der Waals surface area contributed by atoms with Gasteiger partial charge < -0.3 is 19.1 Å². The molecular formula is C46H55N11O4. The molecule has 2 N–H and O–H groups in total. The Morgan fingerprint density at radius 3 is 2.48 bits per heavy atom. The first-order chi connectivity index (χ1) is 29.5. The maximum absolute atomic E-state index is 14.0. The normalized spacial score (nSPS) is 24.1. The Hall–Kier alpha value is -5.83. The van der Waals surface area contributed by atoms with E-state index >= 15 is 0 Å². The minimum atomic E-state index is -0.371. The Labute approximate surface area is 355 Å². The molecule has 8 heterocycles. The van der Waals surface area contributed by atoms with Gasteiger partial charge in [-0.2, -0.15) is 5.10 Å². The summed E-state index contributed by atoms with van der Waals surface area (Å²) < 4.78 is 10.5. The molecule has 1 aliphatic carbocycles. The molecule has 4 aromatic heterocycles. The average Bonchev–Trinajstić information content (AvgIpc) is 3.96. The molecule has 3 saturated heterocycles. The van der Waals surface area contributed by atoms with Crippen molar-refractivity contribution in [1.82, 2.24) is 39.5 Å². The first kappa shape index (κ1) is 39.3. The number of rotatable bonds is 4. The highest BCUT2D eigenvalue weighted by Gasteiger charge is 2.34. The number of aromatic nitrogens is 6. The number of benzene rings is 1. The number of hydrogen-bond donors (Lipinski definition) is 2. The van der Waals surface area contributed by atoms with Gasteiger partial charge in [0.15, 0.2) is 0 Å². The van der Waals surface area contributed by atoms with Gasteiger partial charge in [0.25, 0.3) is 5.91 Å². The monoisotopic (exact) mass is 825 g/mol. The van der Waals surface area contributed by atoms with Crippen LogP contribution in [0.3, 0.4) is 0 Å². The van der Waals surface area contributed by atoms with E-state index < -0.39 is 0 Å². The van der Waals surface area contributed by atoms with Crippen LogP contribution in [-0.4, -0.2) is 103 Å². The molecule has 4 bridgehead atoms. The lowest BCUT2D eigenvalue weighted by atomic mass is 9.94. The molecule has 1 unspecified atom stereocenters. The van der Waals surface area contributed by atoms with Gasteiger partial charge in [-0.15, -0.1) is 0 Å². The van der Waals surface area contributed by atoms with Crippen molar-refractivity contribution in [3.63, 3.8) is 0 Å². The van der Waals surface area contributed by atoms with Crippen LogP contribution in [0, 0.1) is 25.7 Å². The lowest BCUT2D eigenvalue weighted by Gasteiger charge is -2.46. The minimum Gasteiger partial charge on any atom is -0.477 e. The predicted octanol–water partition coefficient (Wildman–Crippen LogP) is 5.60. The van der Waals surface area contributed by atoms with Crippen LogP contribution >= 0.6 is 0 Å². The van der Waals surface area contributed by atoms with E-state index in [-0.39, 0.29) is 23.6 Å². The summed E-state index contributed by atoms with van der Waals surface area (Å²) in [5.74, 6) is 1.06. The molecule has 5 aromatic rings. The lowest BCUT2D eigenvalue weighted by molar-refractivity contribution is -0.134. The fourth-order valence-corrected chi connectivity index (χ4v) is 10.7. The quantitative estimate of drug-likeness (QED) is 0.218. The van der Waals surface area contributed by atoms with E-state index in [2.05, 4.69) is 66.2 Å². The zero-order valence-electron chi connectivity index (χ0n) is 35.6. The van der Waals surface area contributed by atoms with Crippen molar-refractivity contribution >= 4 is 46.1 Å². The topological polar surface area (TPSA) is 156 Å². The van der Waals surface area contributed by atoms with Crippen molar-refractivity contribution in [1.29, 1.82) is 0 Å². The van der Waals surface area contributed by atoms with Crippen LogP contribution in [-0.2, 0) is 23.2 Å². The number of pyridine rings is 2. The number of hydrogen-bond acceptors (Lipinski definition) is 11. The summed E-state index contributed by atoms with van der Waals surface area (Å²) in [6.07, 6.45) is 8.00. The number of nitrogens with zero attached hydrogens (tertiary/aromatic N) is 9. The van der Waals surface area contributed by atoms with E-state index in [0.717, 1.165) is 111 Å². The van der Waals surface area contributed by atoms with Crippen molar-refractivity contribution < 1.29 is 19.1 Å². The van der Waals surface area contributed by atoms with Crippen LogP contribution in [0.4, 0.5) is 17.3 Å². The predicted molar refractivity (Wildman–Crippen MR) is 233 cm³/mol. The summed E-state index contributed by atoms with van der Waals surface area (Å²) in [7, 11) is 1.88. The van der Waals surface area contributed by atoms with Crippen LogP contribution < -0.4 is 25.2 Å². The van der Waals surface area contributed by atoms with E-state index in [4.69, 9.17) is 19.7 Å². The number of carbonyl (C=O) groups is 3. The van der Waals surface area contributed by atoms with Crippen LogP contribution in [0.25, 0.3) is 22.3 Å². The summed E-state index contributed by atoms with van der Waals surface area (Å²) in [5, 5.41) is 10.1. The largest absolute Gasteiger partial charge is 0.477 e. The maximum atomic E-state index is 14.0. The van der Waals surface area contributed by atoms with Crippen LogP contribution in [0.2, 0.25) is 0 Å². The van der Waals surface area contributed by atoms with Gasteiger partial charge in [0.1, 0.15) is 0 Å². The number of fused-ring (bicyclic) bond motifs is 9. The highest BCUT2D eigenvalue weighted by molar-refractivity contribution is 6.05. The highest BCUT2D eigenvalue weighted by Crippen LogP contribution is 2.38. The molecule has 15 nitrogen and oxygen atoms in total. The van der Waals surface area contributed by atoms with Gasteiger partial charge in [-0.3, -0.25) is 39.9 Å². The van der Waals surface area contributed by atoms with E-state index in [9.17, 15) is 14.4 Å². The highest BCUT2D eigenvalue weighted by atomic mass is 16.5. The first-order valence-corrected chi connectivity index (χ1v) is 22.1. The molecule has 0 spiro atoms. The van der Waals surface area contributed by atoms with Gasteiger partial charge in [0, 0.05) is 81.8 Å². The van der Waals surface area contributed by atoms with Gasteiger partial charge >= 0.3 is 0 Å². The second-order valence-electron chi connectivity index (χ2n) is 18.0. The third-order valence-electron chi connectivity index (χ3n) is 13.9. The number of ether oxygens (including phenoxy) is 1. The summed E-state index contributed by atoms with van der Waals surface area (Å²) in [6.45, 7) is 12.5. The number of carbonyl (C=O) groups excluding carboxylic acids is 3. The molecule has 4 fully saturated rings. The molecule has 0 radical (unpaired) electrons. The van der Waals surface area contributed by atoms with Crippen molar-refractivity contribution in [2.45, 2.75) is 90.3 Å². The lowest BCUT2D eigenvalue weighted by Crippen LogP contribution is -2.57. The number of imidazole rings is 1. The minimum absolute atomic E-state index is 0.206. The summed E-state index contributed by atoms with van der Waals surface area (Å²) >= 11 is 0. The van der Waals surface area contributed by atoms with Gasteiger partial charge in [-0.25, -0.2) is 9.67 Å². The molecule has 15 heteroatoms. The second-order valence-corrected chi connectivity index (χ2v) is 18.0. The molecule has 4 atom stereocenters. The Kier molecular flexibility index (Phi) is 10.2. The van der Waals surface area contributed by atoms with E-state index in [1.165, 1.54) is 5.69 Å². The van der Waals surface area contributed by atoms with E-state index in [1.807, 2.05) is 39.1 Å². The number of amides is 3. The van der Waals surface area contributed by atoms with E-state index in [1.54, 1.807) is 10.9 Å². The summed E-state index contributed by atoms with van der Waals surface area (Å²) in [5.41, 5.74) is 8.59. The smallest absolute Gasteiger partial charge is 0.258 e. The van der Waals surface area contributed by atoms with Gasteiger partial charge in [-0.1, -0.05) is 0 Å². The molecule has 1 aromatic carbocycles. The Balaban J connectivity index is 0.837. The number of aryl methyl sites for hydroxylation is 3. The SMILES string of the molecule is Cc1cc2cc(n1)-c1cnn(C)c1OC[C@H]1CC[C@H](C1)Cn1c(nc3ccc(N4CCN(C5CCN(c6ccc(C7CCC(=O)NC7=O)nc6C)CC5)C[C@@H]4C)cc31)NC2=O. The molecule has 10 rings (SSSR count). The number of nitrogens with one attached hydrogen (secondary N) is 2. The summed E-state index contributed by atoms with van der Waals surface area (Å²) in [4.78, 5) is 60.4. The molecule has 5 aliphatic rings. The third-order valence-corrected chi connectivity index (χ3v) is 13.9. The Morgan fingerprint density at radius 1 is 0.836 bits per heavy atom. The molecule has 318 valence electrons. The number of anilines is 3. The number of piperidine rings is 2. The standard InChI is InChI=1S/C46H55N11O4/c1-27-19-32-21-39(48-27)36-23-47-53(4)45(36)61-26-31-6-5-30(20-31)25-57-41-22-34(7-9-38(41)50-46(57)52-43(32)59)56-18-17-55(24-28(56)2)33-13-15-54(16-14-33)40-11-10-37(49-29(40)3)35-8-12-42(58)51-44(35)60/h7,9-11,19,21-23,28,30-31,33,35H,5-6,8,12-18,20,24-26H2,1-4H3,(H,50,52,59)(H,51,58,60)/t28-,30+,31-,35?/m0/s1.